The summed E-state index contributed by atoms with van der Waals surface area (Å²) in [5.74, 6) is 1.43. The fourth-order valence-corrected chi connectivity index (χ4v) is 2.83. The molecule has 1 aromatic carbocycles. The summed E-state index contributed by atoms with van der Waals surface area (Å²) in [5, 5.41) is 11.3. The number of rotatable bonds is 2. The molecule has 0 spiro atoms. The van der Waals surface area contributed by atoms with E-state index in [0.29, 0.717) is 10.8 Å². The van der Waals surface area contributed by atoms with Crippen LogP contribution in [0.2, 0.25) is 5.02 Å². The van der Waals surface area contributed by atoms with Gasteiger partial charge in [0.1, 0.15) is 0 Å². The molecule has 0 atom stereocenters. The minimum atomic E-state index is 0.646. The van der Waals surface area contributed by atoms with Crippen LogP contribution in [0, 0.1) is 0 Å². The van der Waals surface area contributed by atoms with E-state index in [9.17, 15) is 0 Å². The summed E-state index contributed by atoms with van der Waals surface area (Å²) >= 11 is 9.72. The monoisotopic (exact) mass is 355 g/mol. The smallest absolute Gasteiger partial charge is 0.245 e. The minimum absolute atomic E-state index is 0.646. The summed E-state index contributed by atoms with van der Waals surface area (Å²) in [6, 6.07) is 5.77. The van der Waals surface area contributed by atoms with Gasteiger partial charge in [0.25, 0.3) is 0 Å². The zero-order valence-electron chi connectivity index (χ0n) is 10.9. The zero-order valence-corrected chi connectivity index (χ0v) is 13.2. The first-order chi connectivity index (χ1) is 9.75. The van der Waals surface area contributed by atoms with Crippen molar-refractivity contribution < 1.29 is 0 Å². The van der Waals surface area contributed by atoms with Crippen molar-refractivity contribution >= 4 is 33.5 Å². The van der Waals surface area contributed by atoms with Crippen molar-refractivity contribution in [1.82, 2.24) is 20.5 Å². The second-order valence-corrected chi connectivity index (χ2v) is 5.91. The van der Waals surface area contributed by atoms with E-state index < -0.39 is 0 Å². The Morgan fingerprint density at radius 2 is 2.15 bits per heavy atom. The number of aromatic amines is 1. The lowest BCUT2D eigenvalue weighted by atomic mass is 10.2. The van der Waals surface area contributed by atoms with Crippen molar-refractivity contribution in [1.29, 1.82) is 0 Å². The van der Waals surface area contributed by atoms with Gasteiger partial charge in [-0.2, -0.15) is 4.98 Å². The molecule has 1 saturated heterocycles. The molecule has 3 rings (SSSR count). The number of nitrogens with one attached hydrogen (secondary N) is 2. The van der Waals surface area contributed by atoms with Crippen LogP contribution in [0.4, 0.5) is 5.95 Å². The molecular weight excluding hydrogens is 342 g/mol. The Morgan fingerprint density at radius 1 is 1.25 bits per heavy atom. The van der Waals surface area contributed by atoms with Gasteiger partial charge in [0.2, 0.25) is 5.95 Å². The van der Waals surface area contributed by atoms with Gasteiger partial charge in [-0.25, -0.2) is 0 Å². The molecule has 1 aromatic heterocycles. The highest BCUT2D eigenvalue weighted by Gasteiger charge is 2.16. The van der Waals surface area contributed by atoms with Crippen molar-refractivity contribution in [2.45, 2.75) is 6.42 Å². The predicted octanol–water partition coefficient (Wildman–Crippen LogP) is 2.69. The lowest BCUT2D eigenvalue weighted by molar-refractivity contribution is 0.724. The van der Waals surface area contributed by atoms with Crippen LogP contribution in [0.3, 0.4) is 0 Å². The lowest BCUT2D eigenvalue weighted by Crippen LogP contribution is -2.28. The molecule has 0 amide bonds. The fraction of sp³-hybridized carbons (Fsp3) is 0.385. The molecule has 2 N–H and O–H groups in total. The van der Waals surface area contributed by atoms with Gasteiger partial charge >= 0.3 is 0 Å². The highest BCUT2D eigenvalue weighted by Crippen LogP contribution is 2.32. The van der Waals surface area contributed by atoms with Crippen LogP contribution in [0.5, 0.6) is 0 Å². The van der Waals surface area contributed by atoms with E-state index in [1.54, 1.807) is 0 Å². The van der Waals surface area contributed by atoms with Crippen molar-refractivity contribution in [3.63, 3.8) is 0 Å². The van der Waals surface area contributed by atoms with E-state index in [0.717, 1.165) is 48.6 Å². The molecule has 1 aliphatic rings. The van der Waals surface area contributed by atoms with Crippen LogP contribution in [-0.4, -0.2) is 41.4 Å². The molecule has 1 aliphatic heterocycles. The number of H-pyrrole nitrogens is 1. The number of hydrogen-bond donors (Lipinski definition) is 2. The van der Waals surface area contributed by atoms with Crippen molar-refractivity contribution in [2.24, 2.45) is 0 Å². The van der Waals surface area contributed by atoms with Gasteiger partial charge in [0.05, 0.1) is 5.02 Å². The number of aromatic nitrogens is 3. The van der Waals surface area contributed by atoms with Gasteiger partial charge in [-0.15, -0.1) is 5.10 Å². The van der Waals surface area contributed by atoms with Crippen LogP contribution in [-0.2, 0) is 0 Å². The summed E-state index contributed by atoms with van der Waals surface area (Å²) < 4.78 is 0.855. The summed E-state index contributed by atoms with van der Waals surface area (Å²) in [4.78, 5) is 6.76. The topological polar surface area (TPSA) is 56.8 Å². The first-order valence-electron chi connectivity index (χ1n) is 6.58. The molecular formula is C13H15BrClN5. The Morgan fingerprint density at radius 3 is 3.05 bits per heavy atom. The van der Waals surface area contributed by atoms with Crippen molar-refractivity contribution in [3.8, 4) is 11.4 Å². The summed E-state index contributed by atoms with van der Waals surface area (Å²) in [7, 11) is 0. The Balaban J connectivity index is 1.87. The van der Waals surface area contributed by atoms with Crippen LogP contribution in [0.15, 0.2) is 22.7 Å². The number of halogens is 2. The van der Waals surface area contributed by atoms with E-state index in [1.807, 2.05) is 18.2 Å². The second kappa shape index (κ2) is 6.11. The van der Waals surface area contributed by atoms with Crippen molar-refractivity contribution in [3.05, 3.63) is 27.7 Å². The van der Waals surface area contributed by atoms with Gasteiger partial charge in [-0.3, -0.25) is 5.10 Å². The van der Waals surface area contributed by atoms with Gasteiger partial charge in [-0.05, 0) is 41.0 Å². The van der Waals surface area contributed by atoms with Crippen molar-refractivity contribution in [2.75, 3.05) is 31.1 Å². The number of anilines is 1. The summed E-state index contributed by atoms with van der Waals surface area (Å²) in [6.07, 6.45) is 1.10. The fourth-order valence-electron chi connectivity index (χ4n) is 2.25. The van der Waals surface area contributed by atoms with Gasteiger partial charge in [0.15, 0.2) is 5.82 Å². The largest absolute Gasteiger partial charge is 0.338 e. The highest BCUT2D eigenvalue weighted by atomic mass is 79.9. The first-order valence-corrected chi connectivity index (χ1v) is 7.75. The van der Waals surface area contributed by atoms with E-state index >= 15 is 0 Å². The van der Waals surface area contributed by atoms with E-state index in [1.165, 1.54) is 0 Å². The third-order valence-electron chi connectivity index (χ3n) is 3.30. The maximum absolute atomic E-state index is 6.29. The Kier molecular flexibility index (Phi) is 4.24. The van der Waals surface area contributed by atoms with Crippen LogP contribution >= 0.6 is 27.5 Å². The predicted molar refractivity (Wildman–Crippen MR) is 84.2 cm³/mol. The zero-order chi connectivity index (χ0) is 13.9. The van der Waals surface area contributed by atoms with Crippen LogP contribution < -0.4 is 10.2 Å². The van der Waals surface area contributed by atoms with E-state index in [-0.39, 0.29) is 0 Å². The van der Waals surface area contributed by atoms with Crippen LogP contribution in [0.1, 0.15) is 6.42 Å². The maximum atomic E-state index is 6.29. The third-order valence-corrected chi connectivity index (χ3v) is 4.60. The molecule has 0 aliphatic carbocycles. The number of hydrogen-bond acceptors (Lipinski definition) is 4. The SMILES string of the molecule is Clc1c(Br)cccc1-c1nc(N2CCCNCC2)n[nH]1. The van der Waals surface area contributed by atoms with Gasteiger partial charge in [-0.1, -0.05) is 17.7 Å². The quantitative estimate of drug-likeness (QED) is 0.868. The molecule has 7 heteroatoms. The lowest BCUT2D eigenvalue weighted by Gasteiger charge is -2.16. The Hall–Kier alpha value is -1.11. The maximum Gasteiger partial charge on any atom is 0.245 e. The molecule has 0 saturated carbocycles. The highest BCUT2D eigenvalue weighted by molar-refractivity contribution is 9.10. The third kappa shape index (κ3) is 2.82. The number of nitrogens with zero attached hydrogens (tertiary/aromatic N) is 3. The minimum Gasteiger partial charge on any atom is -0.338 e. The van der Waals surface area contributed by atoms with Gasteiger partial charge < -0.3 is 10.2 Å². The molecule has 0 unspecified atom stereocenters. The molecule has 106 valence electrons. The molecule has 2 aromatic rings. The summed E-state index contributed by atoms with van der Waals surface area (Å²) in [5.41, 5.74) is 0.854. The molecule has 0 bridgehead atoms. The average Bonchev–Trinajstić information content (AvgIpc) is 2.77. The van der Waals surface area contributed by atoms with E-state index in [4.69, 9.17) is 11.6 Å². The second-order valence-electron chi connectivity index (χ2n) is 4.68. The number of benzene rings is 1. The Labute approximate surface area is 130 Å². The molecule has 20 heavy (non-hydrogen) atoms. The molecule has 0 radical (unpaired) electrons. The standard InChI is InChI=1S/C13H15BrClN5/c14-10-4-1-3-9(11(10)15)12-17-13(19-18-12)20-7-2-5-16-6-8-20/h1,3-4,16H,2,5-8H2,(H,17,18,19). The molecule has 2 heterocycles. The molecule has 5 nitrogen and oxygen atoms in total. The average molecular weight is 357 g/mol. The van der Waals surface area contributed by atoms with Gasteiger partial charge in [0, 0.05) is 29.7 Å². The van der Waals surface area contributed by atoms with E-state index in [2.05, 4.69) is 41.3 Å². The summed E-state index contributed by atoms with van der Waals surface area (Å²) in [6.45, 7) is 3.90. The Bertz CT molecular complexity index is 592. The van der Waals surface area contributed by atoms with Crippen LogP contribution in [0.25, 0.3) is 11.4 Å². The first kappa shape index (κ1) is 13.9. The normalized spacial score (nSPS) is 16.2. The molecule has 1 fully saturated rings.